The van der Waals surface area contributed by atoms with Crippen LogP contribution in [0.1, 0.15) is 11.4 Å². The molecule has 0 aliphatic carbocycles. The number of aryl methyl sites for hydroxylation is 1. The minimum atomic E-state index is -0.528. The molecule has 2 heterocycles. The average Bonchev–Trinajstić information content (AvgIpc) is 2.92. The molecule has 0 radical (unpaired) electrons. The molecule has 6 nitrogen and oxygen atoms in total. The third kappa shape index (κ3) is 2.62. The van der Waals surface area contributed by atoms with E-state index < -0.39 is 5.82 Å². The van der Waals surface area contributed by atoms with Crippen molar-refractivity contribution in [1.29, 1.82) is 0 Å². The summed E-state index contributed by atoms with van der Waals surface area (Å²) in [5.74, 6) is 0.394. The van der Waals surface area contributed by atoms with Crippen molar-refractivity contribution in [2.24, 2.45) is 0 Å². The number of nitrogens with zero attached hydrogens (tertiary/aromatic N) is 5. The summed E-state index contributed by atoms with van der Waals surface area (Å²) in [7, 11) is 0. The number of ether oxygens (including phenoxy) is 1. The van der Waals surface area contributed by atoms with Gasteiger partial charge in [-0.1, -0.05) is 11.6 Å². The van der Waals surface area contributed by atoms with Crippen molar-refractivity contribution in [3.63, 3.8) is 0 Å². The van der Waals surface area contributed by atoms with Crippen LogP contribution in [-0.4, -0.2) is 24.7 Å². The van der Waals surface area contributed by atoms with Crippen LogP contribution in [-0.2, 0) is 0 Å². The van der Waals surface area contributed by atoms with Crippen LogP contribution in [0.2, 0.25) is 5.15 Å². The van der Waals surface area contributed by atoms with Crippen LogP contribution >= 0.6 is 11.6 Å². The smallest absolute Gasteiger partial charge is 0.226 e. The minimum Gasteiger partial charge on any atom is -0.435 e. The summed E-state index contributed by atoms with van der Waals surface area (Å²) < 4.78 is 21.4. The molecule has 0 aliphatic heterocycles. The highest BCUT2D eigenvalue weighted by atomic mass is 35.5. The lowest BCUT2D eigenvalue weighted by atomic mass is 10.3. The van der Waals surface area contributed by atoms with Crippen molar-refractivity contribution in [3.8, 4) is 17.3 Å². The zero-order chi connectivity index (χ0) is 15.7. The maximum atomic E-state index is 14.2. The van der Waals surface area contributed by atoms with E-state index >= 15 is 0 Å². The molecule has 0 amide bonds. The summed E-state index contributed by atoms with van der Waals surface area (Å²) in [6.07, 6.45) is 2.77. The summed E-state index contributed by atoms with van der Waals surface area (Å²) >= 11 is 5.89. The van der Waals surface area contributed by atoms with Gasteiger partial charge in [-0.3, -0.25) is 4.57 Å². The van der Waals surface area contributed by atoms with Gasteiger partial charge in [0.1, 0.15) is 23.6 Å². The third-order valence-electron chi connectivity index (χ3n) is 3.09. The summed E-state index contributed by atoms with van der Waals surface area (Å²) in [5, 5.41) is 7.89. The Balaban J connectivity index is 1.93. The molecule has 0 atom stereocenters. The molecule has 0 unspecified atom stereocenters. The number of rotatable bonds is 3. The predicted octanol–water partition coefficient (Wildman–Crippen LogP) is 3.26. The molecule has 0 spiro atoms. The first-order valence-electron chi connectivity index (χ1n) is 6.38. The largest absolute Gasteiger partial charge is 0.435 e. The van der Waals surface area contributed by atoms with Gasteiger partial charge in [0.2, 0.25) is 5.88 Å². The fraction of sp³-hybridized carbons (Fsp3) is 0.143. The highest BCUT2D eigenvalue weighted by Gasteiger charge is 2.12. The van der Waals surface area contributed by atoms with Crippen LogP contribution in [0.15, 0.2) is 30.9 Å². The van der Waals surface area contributed by atoms with Gasteiger partial charge in [0.25, 0.3) is 0 Å². The van der Waals surface area contributed by atoms with Crippen LogP contribution < -0.4 is 4.74 Å². The van der Waals surface area contributed by atoms with Gasteiger partial charge in [0, 0.05) is 11.6 Å². The van der Waals surface area contributed by atoms with E-state index in [4.69, 9.17) is 16.3 Å². The lowest BCUT2D eigenvalue weighted by Crippen LogP contribution is -1.99. The summed E-state index contributed by atoms with van der Waals surface area (Å²) in [6, 6.07) is 4.55. The molecule has 8 heteroatoms. The topological polar surface area (TPSA) is 65.7 Å². The summed E-state index contributed by atoms with van der Waals surface area (Å²) in [5.41, 5.74) is 1.15. The second kappa shape index (κ2) is 5.69. The average molecular weight is 320 g/mol. The van der Waals surface area contributed by atoms with Crippen LogP contribution in [0.5, 0.6) is 11.6 Å². The molecule has 1 aromatic carbocycles. The van der Waals surface area contributed by atoms with E-state index in [0.717, 1.165) is 0 Å². The fourth-order valence-corrected chi connectivity index (χ4v) is 2.01. The number of hydrogen-bond donors (Lipinski definition) is 0. The fourth-order valence-electron chi connectivity index (χ4n) is 1.89. The predicted molar refractivity (Wildman–Crippen MR) is 77.9 cm³/mol. The Morgan fingerprint density at radius 1 is 1.23 bits per heavy atom. The maximum Gasteiger partial charge on any atom is 0.226 e. The van der Waals surface area contributed by atoms with E-state index in [0.29, 0.717) is 17.1 Å². The molecule has 22 heavy (non-hydrogen) atoms. The van der Waals surface area contributed by atoms with E-state index in [9.17, 15) is 4.39 Å². The Labute approximate surface area is 130 Å². The molecular formula is C14H11ClFN5O. The number of benzene rings is 1. The molecule has 112 valence electrons. The monoisotopic (exact) mass is 319 g/mol. The molecule has 0 saturated heterocycles. The number of aromatic nitrogens is 5. The lowest BCUT2D eigenvalue weighted by Gasteiger charge is -2.10. The summed E-state index contributed by atoms with van der Waals surface area (Å²) in [4.78, 5) is 7.78. The van der Waals surface area contributed by atoms with Crippen molar-refractivity contribution < 1.29 is 9.13 Å². The van der Waals surface area contributed by atoms with E-state index in [1.165, 1.54) is 24.8 Å². The first kappa shape index (κ1) is 14.4. The van der Waals surface area contributed by atoms with Crippen molar-refractivity contribution in [2.75, 3.05) is 0 Å². The van der Waals surface area contributed by atoms with Gasteiger partial charge in [-0.15, -0.1) is 10.2 Å². The molecule has 0 aliphatic rings. The van der Waals surface area contributed by atoms with E-state index in [1.807, 2.05) is 0 Å². The van der Waals surface area contributed by atoms with Crippen molar-refractivity contribution in [2.45, 2.75) is 13.8 Å². The summed E-state index contributed by atoms with van der Waals surface area (Å²) in [6.45, 7) is 3.48. The Bertz CT molecular complexity index is 836. The van der Waals surface area contributed by atoms with Crippen molar-refractivity contribution in [3.05, 3.63) is 53.2 Å². The second-order valence-corrected chi connectivity index (χ2v) is 4.92. The normalized spacial score (nSPS) is 10.7. The molecule has 2 aromatic heterocycles. The molecule has 0 fully saturated rings. The highest BCUT2D eigenvalue weighted by Crippen LogP contribution is 2.29. The lowest BCUT2D eigenvalue weighted by molar-refractivity contribution is 0.423. The molecule has 0 bridgehead atoms. The maximum absolute atomic E-state index is 14.2. The van der Waals surface area contributed by atoms with Crippen LogP contribution in [0.4, 0.5) is 4.39 Å². The highest BCUT2D eigenvalue weighted by molar-refractivity contribution is 6.30. The van der Waals surface area contributed by atoms with Gasteiger partial charge in [0.05, 0.1) is 5.69 Å². The van der Waals surface area contributed by atoms with Crippen molar-refractivity contribution >= 4 is 11.6 Å². The zero-order valence-corrected chi connectivity index (χ0v) is 12.5. The first-order valence-corrected chi connectivity index (χ1v) is 6.75. The van der Waals surface area contributed by atoms with Gasteiger partial charge < -0.3 is 4.74 Å². The third-order valence-corrected chi connectivity index (χ3v) is 3.48. The molecule has 0 saturated carbocycles. The Morgan fingerprint density at radius 3 is 2.73 bits per heavy atom. The van der Waals surface area contributed by atoms with E-state index in [-0.39, 0.29) is 16.8 Å². The van der Waals surface area contributed by atoms with Crippen molar-refractivity contribution in [1.82, 2.24) is 24.7 Å². The van der Waals surface area contributed by atoms with E-state index in [2.05, 4.69) is 20.2 Å². The zero-order valence-electron chi connectivity index (χ0n) is 11.8. The molecule has 3 rings (SSSR count). The Hall–Kier alpha value is -2.54. The second-order valence-electron chi connectivity index (χ2n) is 4.56. The molecule has 0 N–H and O–H groups in total. The number of hydrogen-bond acceptors (Lipinski definition) is 5. The standard InChI is InChI=1S/C14H11ClFN5O/c1-8-13(15)17-6-18-14(8)22-12-4-3-10(5-11(12)16)21-7-19-20-9(21)2/h3-7H,1-2H3. The Morgan fingerprint density at radius 2 is 2.05 bits per heavy atom. The molecular weight excluding hydrogens is 309 g/mol. The SMILES string of the molecule is Cc1c(Cl)ncnc1Oc1ccc(-n2cnnc2C)cc1F. The Kier molecular flexibility index (Phi) is 3.72. The van der Waals surface area contributed by atoms with E-state index in [1.54, 1.807) is 24.5 Å². The van der Waals surface area contributed by atoms with Gasteiger partial charge in [-0.2, -0.15) is 0 Å². The van der Waals surface area contributed by atoms with Crippen LogP contribution in [0, 0.1) is 19.7 Å². The van der Waals surface area contributed by atoms with Gasteiger partial charge >= 0.3 is 0 Å². The minimum absolute atomic E-state index is 0.0485. The van der Waals surface area contributed by atoms with Gasteiger partial charge in [-0.05, 0) is 26.0 Å². The number of halogens is 2. The van der Waals surface area contributed by atoms with Gasteiger partial charge in [-0.25, -0.2) is 14.4 Å². The van der Waals surface area contributed by atoms with Crippen LogP contribution in [0.25, 0.3) is 5.69 Å². The quantitative estimate of drug-likeness (QED) is 0.693. The van der Waals surface area contributed by atoms with Crippen LogP contribution in [0.3, 0.4) is 0 Å². The molecule has 3 aromatic rings. The van der Waals surface area contributed by atoms with Gasteiger partial charge in [0.15, 0.2) is 11.6 Å². The first-order chi connectivity index (χ1) is 10.6.